The van der Waals surface area contributed by atoms with Crippen molar-refractivity contribution in [2.24, 2.45) is 5.92 Å². The fraction of sp³-hybridized carbons (Fsp3) is 0.400. The second-order valence-electron chi connectivity index (χ2n) is 3.92. The van der Waals surface area contributed by atoms with Gasteiger partial charge in [-0.05, 0) is 52.3 Å². The second kappa shape index (κ2) is 5.15. The number of rotatable bonds is 4. The number of tetrazole rings is 1. The van der Waals surface area contributed by atoms with Crippen LogP contribution in [0.1, 0.15) is 19.9 Å². The van der Waals surface area contributed by atoms with Gasteiger partial charge in [-0.25, -0.2) is 4.68 Å². The second-order valence-corrected chi connectivity index (χ2v) is 6.38. The van der Waals surface area contributed by atoms with Crippen molar-refractivity contribution in [1.29, 1.82) is 0 Å². The number of carbonyl (C=O) groups is 1. The first kappa shape index (κ1) is 13.2. The van der Waals surface area contributed by atoms with Crippen LogP contribution in [0.4, 0.5) is 0 Å². The summed E-state index contributed by atoms with van der Waals surface area (Å²) in [7, 11) is 0. The van der Waals surface area contributed by atoms with Crippen LogP contribution in [0, 0.1) is 5.92 Å². The van der Waals surface area contributed by atoms with Gasteiger partial charge in [-0.15, -0.1) is 16.4 Å². The lowest BCUT2D eigenvalue weighted by Gasteiger charge is -2.16. The molecule has 0 radical (unpaired) electrons. The Kier molecular flexibility index (Phi) is 3.76. The summed E-state index contributed by atoms with van der Waals surface area (Å²) in [4.78, 5) is 11.9. The van der Waals surface area contributed by atoms with E-state index in [0.717, 1.165) is 8.66 Å². The number of hydrogen-bond acceptors (Lipinski definition) is 5. The molecule has 2 unspecified atom stereocenters. The summed E-state index contributed by atoms with van der Waals surface area (Å²) in [6.45, 7) is 3.43. The van der Waals surface area contributed by atoms with E-state index in [4.69, 9.17) is 5.11 Å². The maximum absolute atomic E-state index is 11.0. The summed E-state index contributed by atoms with van der Waals surface area (Å²) in [5, 5.41) is 20.5. The molecule has 0 aromatic carbocycles. The largest absolute Gasteiger partial charge is 0.481 e. The molecule has 2 aromatic rings. The molecular weight excluding hydrogens is 320 g/mol. The third kappa shape index (κ3) is 2.44. The Morgan fingerprint density at radius 3 is 2.78 bits per heavy atom. The summed E-state index contributed by atoms with van der Waals surface area (Å²) in [5.74, 6) is -0.835. The van der Waals surface area contributed by atoms with Crippen molar-refractivity contribution < 1.29 is 9.90 Å². The molecule has 2 heterocycles. The molecule has 18 heavy (non-hydrogen) atoms. The van der Waals surface area contributed by atoms with Crippen LogP contribution in [-0.2, 0) is 4.79 Å². The normalized spacial score (nSPS) is 14.4. The molecule has 0 saturated carbocycles. The van der Waals surface area contributed by atoms with E-state index < -0.39 is 11.9 Å². The van der Waals surface area contributed by atoms with Gasteiger partial charge in [0.15, 0.2) is 5.82 Å². The molecule has 8 heteroatoms. The Labute approximate surface area is 116 Å². The fourth-order valence-corrected chi connectivity index (χ4v) is 2.85. The summed E-state index contributed by atoms with van der Waals surface area (Å²) in [6.07, 6.45) is 0. The number of halogens is 1. The van der Waals surface area contributed by atoms with E-state index in [1.54, 1.807) is 18.5 Å². The Morgan fingerprint density at radius 2 is 2.22 bits per heavy atom. The molecule has 6 nitrogen and oxygen atoms in total. The molecule has 2 rings (SSSR count). The van der Waals surface area contributed by atoms with E-state index >= 15 is 0 Å². The summed E-state index contributed by atoms with van der Waals surface area (Å²) < 4.78 is 2.53. The smallest absolute Gasteiger partial charge is 0.308 e. The molecule has 0 spiro atoms. The Hall–Kier alpha value is -1.28. The number of aliphatic carboxylic acids is 1. The van der Waals surface area contributed by atoms with E-state index in [1.165, 1.54) is 11.3 Å². The monoisotopic (exact) mass is 330 g/mol. The van der Waals surface area contributed by atoms with Crippen molar-refractivity contribution in [2.75, 3.05) is 0 Å². The van der Waals surface area contributed by atoms with Gasteiger partial charge < -0.3 is 5.11 Å². The lowest BCUT2D eigenvalue weighted by Crippen LogP contribution is -2.23. The van der Waals surface area contributed by atoms with E-state index in [-0.39, 0.29) is 6.04 Å². The SMILES string of the molecule is CC(C(=O)O)C(C)n1nnnc1-c1ccc(Br)s1. The maximum Gasteiger partial charge on any atom is 0.308 e. The number of hydrogen-bond donors (Lipinski definition) is 1. The van der Waals surface area contributed by atoms with E-state index in [9.17, 15) is 4.79 Å². The highest BCUT2D eigenvalue weighted by Crippen LogP contribution is 2.31. The number of aromatic nitrogens is 4. The van der Waals surface area contributed by atoms with Gasteiger partial charge in [0.25, 0.3) is 0 Å². The number of nitrogens with zero attached hydrogens (tertiary/aromatic N) is 4. The topological polar surface area (TPSA) is 80.9 Å². The van der Waals surface area contributed by atoms with E-state index in [2.05, 4.69) is 31.5 Å². The van der Waals surface area contributed by atoms with Gasteiger partial charge >= 0.3 is 5.97 Å². The standard InChI is InChI=1S/C10H11BrN4O2S/c1-5(10(16)17)6(2)15-9(12-13-14-15)7-3-4-8(11)18-7/h3-6H,1-2H3,(H,16,17). The third-order valence-corrected chi connectivity index (χ3v) is 4.40. The van der Waals surface area contributed by atoms with Crippen LogP contribution < -0.4 is 0 Å². The Morgan fingerprint density at radius 1 is 1.50 bits per heavy atom. The predicted molar refractivity (Wildman–Crippen MR) is 70.3 cm³/mol. The fourth-order valence-electron chi connectivity index (χ4n) is 1.48. The van der Waals surface area contributed by atoms with Gasteiger partial charge in [-0.1, -0.05) is 0 Å². The van der Waals surface area contributed by atoms with Gasteiger partial charge in [0.1, 0.15) is 0 Å². The van der Waals surface area contributed by atoms with Crippen LogP contribution >= 0.6 is 27.3 Å². The first-order valence-electron chi connectivity index (χ1n) is 5.27. The number of carboxylic acids is 1. The van der Waals surface area contributed by atoms with Gasteiger partial charge in [0.05, 0.1) is 20.6 Å². The molecule has 0 bridgehead atoms. The molecule has 0 aliphatic heterocycles. The van der Waals surface area contributed by atoms with Crippen molar-refractivity contribution in [2.45, 2.75) is 19.9 Å². The maximum atomic E-state index is 11.0. The lowest BCUT2D eigenvalue weighted by atomic mass is 10.0. The highest BCUT2D eigenvalue weighted by Gasteiger charge is 2.25. The van der Waals surface area contributed by atoms with Crippen LogP contribution in [0.15, 0.2) is 15.9 Å². The number of carboxylic acid groups (broad SMARTS) is 1. The lowest BCUT2D eigenvalue weighted by molar-refractivity contribution is -0.142. The average molecular weight is 331 g/mol. The molecule has 0 aliphatic rings. The molecule has 1 N–H and O–H groups in total. The molecule has 2 atom stereocenters. The van der Waals surface area contributed by atoms with Crippen molar-refractivity contribution in [1.82, 2.24) is 20.2 Å². The number of thiophene rings is 1. The predicted octanol–water partition coefficient (Wildman–Crippen LogP) is 2.45. The molecule has 96 valence electrons. The van der Waals surface area contributed by atoms with Crippen molar-refractivity contribution in [3.8, 4) is 10.7 Å². The zero-order chi connectivity index (χ0) is 13.3. The first-order valence-corrected chi connectivity index (χ1v) is 6.88. The van der Waals surface area contributed by atoms with Gasteiger partial charge in [-0.3, -0.25) is 4.79 Å². The highest BCUT2D eigenvalue weighted by atomic mass is 79.9. The minimum absolute atomic E-state index is 0.312. The quantitative estimate of drug-likeness (QED) is 0.931. The van der Waals surface area contributed by atoms with Crippen LogP contribution in [0.3, 0.4) is 0 Å². The average Bonchev–Trinajstić information content (AvgIpc) is 2.94. The molecule has 2 aromatic heterocycles. The van der Waals surface area contributed by atoms with Crippen LogP contribution in [-0.4, -0.2) is 31.3 Å². The minimum Gasteiger partial charge on any atom is -0.481 e. The zero-order valence-electron chi connectivity index (χ0n) is 9.74. The molecule has 0 amide bonds. The zero-order valence-corrected chi connectivity index (χ0v) is 12.1. The Balaban J connectivity index is 2.36. The summed E-state index contributed by atoms with van der Waals surface area (Å²) in [6, 6.07) is 3.49. The van der Waals surface area contributed by atoms with E-state index in [1.807, 2.05) is 12.1 Å². The van der Waals surface area contributed by atoms with Crippen molar-refractivity contribution in [3.05, 3.63) is 15.9 Å². The van der Waals surface area contributed by atoms with Gasteiger partial charge in [-0.2, -0.15) is 0 Å². The third-order valence-electron chi connectivity index (χ3n) is 2.79. The van der Waals surface area contributed by atoms with Crippen LogP contribution in [0.25, 0.3) is 10.7 Å². The van der Waals surface area contributed by atoms with Gasteiger partial charge in [0, 0.05) is 0 Å². The van der Waals surface area contributed by atoms with Crippen LogP contribution in [0.5, 0.6) is 0 Å². The van der Waals surface area contributed by atoms with E-state index in [0.29, 0.717) is 5.82 Å². The molecular formula is C10H11BrN4O2S. The Bertz CT molecular complexity index is 568. The summed E-state index contributed by atoms with van der Waals surface area (Å²) >= 11 is 4.88. The first-order chi connectivity index (χ1) is 8.50. The summed E-state index contributed by atoms with van der Waals surface area (Å²) in [5.41, 5.74) is 0. The molecule has 0 aliphatic carbocycles. The highest BCUT2D eigenvalue weighted by molar-refractivity contribution is 9.11. The minimum atomic E-state index is -0.865. The molecule has 0 fully saturated rings. The van der Waals surface area contributed by atoms with Gasteiger partial charge in [0.2, 0.25) is 0 Å². The molecule has 0 saturated heterocycles. The van der Waals surface area contributed by atoms with Crippen molar-refractivity contribution >= 4 is 33.2 Å². The van der Waals surface area contributed by atoms with Crippen LogP contribution in [0.2, 0.25) is 0 Å². The van der Waals surface area contributed by atoms with Crippen molar-refractivity contribution in [3.63, 3.8) is 0 Å².